The fourth-order valence-electron chi connectivity index (χ4n) is 1.99. The highest BCUT2D eigenvalue weighted by Gasteiger charge is 2.74. The summed E-state index contributed by atoms with van der Waals surface area (Å²) in [5.41, 5.74) is 0. The highest BCUT2D eigenvalue weighted by Crippen LogP contribution is 2.48. The Kier molecular flexibility index (Phi) is 16.0. The summed E-state index contributed by atoms with van der Waals surface area (Å²) in [7, 11) is 0. The van der Waals surface area contributed by atoms with Gasteiger partial charge < -0.3 is 39.4 Å². The smallest absolute Gasteiger partial charge is 0.394 e. The molecule has 0 bridgehead atoms. The molecule has 2 unspecified atom stereocenters. The molecule has 41 heavy (non-hydrogen) atoms. The lowest BCUT2D eigenvalue weighted by Crippen LogP contribution is -2.58. The first kappa shape index (κ1) is 39.7. The minimum atomic E-state index is -7.02. The Morgan fingerprint density at radius 2 is 0.707 bits per heavy atom. The predicted molar refractivity (Wildman–Crippen MR) is 102 cm³/mol. The van der Waals surface area contributed by atoms with E-state index in [1.807, 2.05) is 4.74 Å². The van der Waals surface area contributed by atoms with Crippen LogP contribution in [0.1, 0.15) is 0 Å². The first-order chi connectivity index (χ1) is 18.5. The molecule has 0 aromatic carbocycles. The number of hydrogen-bond acceptors (Lipinski definition) is 11. The molecule has 0 aromatic heterocycles. The predicted octanol–water partition coefficient (Wildman–Crippen LogP) is 1.37. The molecular formula is C18H26F12O11. The summed E-state index contributed by atoms with van der Waals surface area (Å²) in [6.45, 7) is -10.00. The second kappa shape index (κ2) is 16.5. The van der Waals surface area contributed by atoms with Crippen LogP contribution in [0.15, 0.2) is 0 Å². The van der Waals surface area contributed by atoms with E-state index in [4.69, 9.17) is 20.4 Å². The van der Waals surface area contributed by atoms with Crippen LogP contribution in [-0.2, 0) is 33.2 Å². The minimum absolute atomic E-state index is 0.525. The van der Waals surface area contributed by atoms with Crippen LogP contribution >= 0.6 is 0 Å². The van der Waals surface area contributed by atoms with Gasteiger partial charge in [0.1, 0.15) is 25.4 Å². The third-order valence-electron chi connectivity index (χ3n) is 3.82. The number of halogens is 12. The Morgan fingerprint density at radius 1 is 0.439 bits per heavy atom. The molecule has 0 aromatic rings. The fourth-order valence-corrected chi connectivity index (χ4v) is 1.99. The van der Waals surface area contributed by atoms with E-state index in [1.165, 1.54) is 0 Å². The lowest BCUT2D eigenvalue weighted by Gasteiger charge is -2.34. The normalized spacial score (nSPS) is 15.8. The summed E-state index contributed by atoms with van der Waals surface area (Å²) < 4.78 is 186. The van der Waals surface area contributed by atoms with E-state index in [9.17, 15) is 52.7 Å². The van der Waals surface area contributed by atoms with Crippen molar-refractivity contribution in [3.8, 4) is 0 Å². The van der Waals surface area contributed by atoms with Gasteiger partial charge in [0.15, 0.2) is 0 Å². The molecule has 0 amide bonds. The summed E-state index contributed by atoms with van der Waals surface area (Å²) in [6, 6.07) is 0. The first-order valence-electron chi connectivity index (χ1n) is 10.8. The van der Waals surface area contributed by atoms with Crippen LogP contribution in [0.25, 0.3) is 0 Å². The summed E-state index contributed by atoms with van der Waals surface area (Å²) >= 11 is 0. The van der Waals surface area contributed by atoms with Gasteiger partial charge in [-0.25, -0.2) is 14.2 Å². The van der Waals surface area contributed by atoms with Crippen LogP contribution in [0.3, 0.4) is 0 Å². The van der Waals surface area contributed by atoms with Crippen molar-refractivity contribution in [3.05, 3.63) is 0 Å². The molecule has 0 saturated carbocycles. The van der Waals surface area contributed by atoms with Crippen LogP contribution in [-0.4, -0.2) is 135 Å². The summed E-state index contributed by atoms with van der Waals surface area (Å²) in [5, 5.41) is 34.8. The van der Waals surface area contributed by atoms with Crippen molar-refractivity contribution in [2.75, 3.05) is 66.1 Å². The maximum Gasteiger partial charge on any atom is 0.453 e. The van der Waals surface area contributed by atoms with Gasteiger partial charge in [0.05, 0.1) is 52.9 Å². The van der Waals surface area contributed by atoms with Gasteiger partial charge in [-0.2, -0.15) is 52.7 Å². The van der Waals surface area contributed by atoms with Crippen LogP contribution in [0.5, 0.6) is 0 Å². The third-order valence-corrected chi connectivity index (χ3v) is 3.82. The standard InChI is InChI=1S/C18H26F12O11/c19-13(20,9-37-3-1-35-7-11(33)5-31)39-15(23,24)17(27,28)41-18(29,30)16(25,26)40-14(21,22)10-38-4-2-36-8-12(34)6-32/h11-12,31-34H,1-10H2. The Labute approximate surface area is 222 Å². The average molecular weight is 646 g/mol. The molecule has 0 aliphatic rings. The van der Waals surface area contributed by atoms with Crippen molar-refractivity contribution in [2.24, 2.45) is 0 Å². The zero-order chi connectivity index (χ0) is 32.2. The van der Waals surface area contributed by atoms with Gasteiger partial charge in [-0.05, 0) is 0 Å². The molecule has 4 N–H and O–H groups in total. The summed E-state index contributed by atoms with van der Waals surface area (Å²) in [4.78, 5) is 0. The highest BCUT2D eigenvalue weighted by atomic mass is 19.4. The lowest BCUT2D eigenvalue weighted by molar-refractivity contribution is -0.558. The van der Waals surface area contributed by atoms with Crippen molar-refractivity contribution in [2.45, 2.75) is 48.9 Å². The Morgan fingerprint density at radius 3 is 1.00 bits per heavy atom. The molecule has 23 heteroatoms. The van der Waals surface area contributed by atoms with Gasteiger partial charge in [0.2, 0.25) is 0 Å². The molecule has 248 valence electrons. The topological polar surface area (TPSA) is 146 Å². The first-order valence-corrected chi connectivity index (χ1v) is 10.8. The van der Waals surface area contributed by atoms with Crippen molar-refractivity contribution in [3.63, 3.8) is 0 Å². The monoisotopic (exact) mass is 646 g/mol. The van der Waals surface area contributed by atoms with Gasteiger partial charge in [0.25, 0.3) is 0 Å². The zero-order valence-electron chi connectivity index (χ0n) is 20.4. The number of hydrogen-bond donors (Lipinski definition) is 4. The molecule has 0 aliphatic heterocycles. The number of ether oxygens (including phenoxy) is 7. The van der Waals surface area contributed by atoms with Crippen molar-refractivity contribution >= 4 is 0 Å². The molecule has 0 heterocycles. The highest BCUT2D eigenvalue weighted by molar-refractivity contribution is 4.77. The molecule has 0 spiro atoms. The maximum absolute atomic E-state index is 13.5. The zero-order valence-corrected chi connectivity index (χ0v) is 20.4. The van der Waals surface area contributed by atoms with E-state index in [2.05, 4.69) is 28.4 Å². The third kappa shape index (κ3) is 15.1. The molecule has 2 atom stereocenters. The minimum Gasteiger partial charge on any atom is -0.394 e. The van der Waals surface area contributed by atoms with E-state index in [0.717, 1.165) is 0 Å². The Bertz CT molecular complexity index is 676. The Hall–Kier alpha value is -1.28. The van der Waals surface area contributed by atoms with E-state index < -0.39 is 115 Å². The second-order valence-corrected chi connectivity index (χ2v) is 7.58. The number of rotatable bonds is 24. The fraction of sp³-hybridized carbons (Fsp3) is 1.00. The number of aliphatic hydroxyl groups excluding tert-OH is 4. The average Bonchev–Trinajstić information content (AvgIpc) is 2.80. The largest absolute Gasteiger partial charge is 0.453 e. The molecule has 0 rings (SSSR count). The van der Waals surface area contributed by atoms with Gasteiger partial charge in [-0.1, -0.05) is 0 Å². The van der Waals surface area contributed by atoms with E-state index in [0.29, 0.717) is 0 Å². The molecule has 11 nitrogen and oxygen atoms in total. The van der Waals surface area contributed by atoms with Gasteiger partial charge in [0, 0.05) is 0 Å². The molecular weight excluding hydrogens is 620 g/mol. The number of alkyl halides is 12. The van der Waals surface area contributed by atoms with Crippen LogP contribution < -0.4 is 0 Å². The summed E-state index contributed by atoms with van der Waals surface area (Å²) in [6.07, 6.45) is -41.2. The van der Waals surface area contributed by atoms with E-state index >= 15 is 0 Å². The van der Waals surface area contributed by atoms with Crippen molar-refractivity contribution in [1.29, 1.82) is 0 Å². The lowest BCUT2D eigenvalue weighted by atomic mass is 10.4. The molecule has 0 fully saturated rings. The van der Waals surface area contributed by atoms with Gasteiger partial charge in [-0.3, -0.25) is 0 Å². The van der Waals surface area contributed by atoms with Crippen LogP contribution in [0.4, 0.5) is 52.7 Å². The quantitative estimate of drug-likeness (QED) is 0.0892. The van der Waals surface area contributed by atoms with Crippen molar-refractivity contribution in [1.82, 2.24) is 0 Å². The van der Waals surface area contributed by atoms with E-state index in [1.54, 1.807) is 0 Å². The summed E-state index contributed by atoms with van der Waals surface area (Å²) in [5.74, 6) is 0. The maximum atomic E-state index is 13.5. The van der Waals surface area contributed by atoms with Crippen LogP contribution in [0.2, 0.25) is 0 Å². The molecule has 0 radical (unpaired) electrons. The van der Waals surface area contributed by atoms with Gasteiger partial charge >= 0.3 is 36.7 Å². The molecule has 0 saturated heterocycles. The van der Waals surface area contributed by atoms with E-state index in [-0.39, 0.29) is 0 Å². The number of aliphatic hydroxyl groups is 4. The Balaban J connectivity index is 5.00. The molecule has 0 aliphatic carbocycles. The van der Waals surface area contributed by atoms with Gasteiger partial charge in [-0.15, -0.1) is 0 Å². The van der Waals surface area contributed by atoms with Crippen LogP contribution in [0, 0.1) is 0 Å². The second-order valence-electron chi connectivity index (χ2n) is 7.58. The SMILES string of the molecule is OCC(O)COCCOCC(F)(F)OC(F)(F)C(F)(F)OC(F)(F)C(F)(F)OC(F)(F)COCCOCC(O)CO. The van der Waals surface area contributed by atoms with Crippen molar-refractivity contribution < 1.29 is 106 Å².